The van der Waals surface area contributed by atoms with E-state index in [0.717, 1.165) is 29.7 Å². The predicted molar refractivity (Wildman–Crippen MR) is 88.7 cm³/mol. The highest BCUT2D eigenvalue weighted by molar-refractivity contribution is 6.32. The lowest BCUT2D eigenvalue weighted by molar-refractivity contribution is 0.135. The molecule has 2 aromatic rings. The number of likely N-dealkylation sites (N-methyl/N-ethyl adjacent to an activating group) is 1. The summed E-state index contributed by atoms with van der Waals surface area (Å²) in [6.45, 7) is 0.550. The number of pyridine rings is 2. The van der Waals surface area contributed by atoms with Crippen LogP contribution in [0.15, 0.2) is 36.8 Å². The molecule has 1 fully saturated rings. The number of carboxylic acid groups (broad SMARTS) is 1. The highest BCUT2D eigenvalue weighted by Crippen LogP contribution is 2.41. The molecule has 1 saturated carbocycles. The van der Waals surface area contributed by atoms with E-state index >= 15 is 0 Å². The molecular weight excluding hydrogens is 316 g/mol. The zero-order valence-electron chi connectivity index (χ0n) is 12.7. The molecule has 1 amide bonds. The van der Waals surface area contributed by atoms with Crippen LogP contribution in [-0.4, -0.2) is 45.2 Å². The van der Waals surface area contributed by atoms with Crippen LogP contribution < -0.4 is 5.32 Å². The van der Waals surface area contributed by atoms with Crippen molar-refractivity contribution in [2.75, 3.05) is 18.9 Å². The molecule has 0 radical (unpaired) electrons. The third-order valence-corrected chi connectivity index (χ3v) is 4.58. The third-order valence-electron chi connectivity index (χ3n) is 4.28. The molecule has 7 heteroatoms. The first-order valence-electron chi connectivity index (χ1n) is 7.28. The van der Waals surface area contributed by atoms with E-state index in [2.05, 4.69) is 15.3 Å². The second-order valence-corrected chi connectivity index (χ2v) is 6.08. The monoisotopic (exact) mass is 332 g/mol. The van der Waals surface area contributed by atoms with E-state index in [0.29, 0.717) is 11.7 Å². The van der Waals surface area contributed by atoms with Crippen LogP contribution >= 0.6 is 11.6 Å². The summed E-state index contributed by atoms with van der Waals surface area (Å²) in [5, 5.41) is 12.8. The van der Waals surface area contributed by atoms with E-state index in [1.54, 1.807) is 25.6 Å². The van der Waals surface area contributed by atoms with Gasteiger partial charge < -0.3 is 15.3 Å². The number of hydrogen-bond acceptors (Lipinski definition) is 4. The standard InChI is InChI=1S/C16H17ClN4O2/c1-21(15(22)23)16(4-5-16)10-20-12-8-13(14(17)19-9-12)11-2-6-18-7-3-11/h2-3,6-9,20H,4-5,10H2,1H3,(H,22,23). The van der Waals surface area contributed by atoms with E-state index < -0.39 is 6.09 Å². The Kier molecular flexibility index (Phi) is 4.09. The summed E-state index contributed by atoms with van der Waals surface area (Å²) < 4.78 is 0. The summed E-state index contributed by atoms with van der Waals surface area (Å²) in [4.78, 5) is 20.7. The Morgan fingerprint density at radius 1 is 1.43 bits per heavy atom. The number of rotatable bonds is 5. The minimum Gasteiger partial charge on any atom is -0.465 e. The van der Waals surface area contributed by atoms with Gasteiger partial charge in [-0.3, -0.25) is 4.98 Å². The number of aromatic nitrogens is 2. The van der Waals surface area contributed by atoms with E-state index in [1.165, 1.54) is 4.90 Å². The quantitative estimate of drug-likeness (QED) is 0.821. The van der Waals surface area contributed by atoms with Gasteiger partial charge in [0, 0.05) is 31.5 Å². The Morgan fingerprint density at radius 2 is 2.13 bits per heavy atom. The normalized spacial score (nSPS) is 15.0. The molecule has 0 atom stereocenters. The third kappa shape index (κ3) is 3.22. The Bertz CT molecular complexity index is 719. The summed E-state index contributed by atoms with van der Waals surface area (Å²) in [5.74, 6) is 0. The number of amides is 1. The van der Waals surface area contributed by atoms with Crippen LogP contribution in [0.2, 0.25) is 5.15 Å². The molecule has 2 heterocycles. The molecule has 1 aliphatic carbocycles. The minimum absolute atomic E-state index is 0.317. The van der Waals surface area contributed by atoms with Gasteiger partial charge >= 0.3 is 6.09 Å². The Balaban J connectivity index is 1.76. The highest BCUT2D eigenvalue weighted by Gasteiger charge is 2.48. The number of anilines is 1. The second-order valence-electron chi connectivity index (χ2n) is 5.72. The zero-order valence-corrected chi connectivity index (χ0v) is 13.4. The molecule has 120 valence electrons. The van der Waals surface area contributed by atoms with Crippen LogP contribution in [-0.2, 0) is 0 Å². The molecule has 0 spiro atoms. The summed E-state index contributed by atoms with van der Waals surface area (Å²) >= 11 is 6.18. The maximum absolute atomic E-state index is 11.1. The van der Waals surface area contributed by atoms with Gasteiger partial charge in [-0.15, -0.1) is 0 Å². The topological polar surface area (TPSA) is 78.4 Å². The largest absolute Gasteiger partial charge is 0.465 e. The fourth-order valence-electron chi connectivity index (χ4n) is 2.52. The molecule has 2 N–H and O–H groups in total. The molecule has 0 aromatic carbocycles. The van der Waals surface area contributed by atoms with Crippen LogP contribution in [0.1, 0.15) is 12.8 Å². The van der Waals surface area contributed by atoms with Gasteiger partial charge in [0.25, 0.3) is 0 Å². The van der Waals surface area contributed by atoms with Crippen LogP contribution in [0.25, 0.3) is 11.1 Å². The summed E-state index contributed by atoms with van der Waals surface area (Å²) in [5.41, 5.74) is 2.24. The molecule has 23 heavy (non-hydrogen) atoms. The van der Waals surface area contributed by atoms with Crippen LogP contribution in [0.4, 0.5) is 10.5 Å². The van der Waals surface area contributed by atoms with Gasteiger partial charge in [-0.25, -0.2) is 9.78 Å². The van der Waals surface area contributed by atoms with E-state index in [1.807, 2.05) is 18.2 Å². The summed E-state index contributed by atoms with van der Waals surface area (Å²) in [6, 6.07) is 5.65. The lowest BCUT2D eigenvalue weighted by Crippen LogP contribution is -2.42. The smallest absolute Gasteiger partial charge is 0.407 e. The van der Waals surface area contributed by atoms with Gasteiger partial charge in [-0.05, 0) is 36.6 Å². The number of carbonyl (C=O) groups is 1. The van der Waals surface area contributed by atoms with Crippen molar-refractivity contribution in [2.45, 2.75) is 18.4 Å². The van der Waals surface area contributed by atoms with Crippen LogP contribution in [0.3, 0.4) is 0 Å². The van der Waals surface area contributed by atoms with Gasteiger partial charge in [0.1, 0.15) is 5.15 Å². The molecule has 3 rings (SSSR count). The Labute approximate surface area is 139 Å². The molecule has 0 aliphatic heterocycles. The average Bonchev–Trinajstić information content (AvgIpc) is 3.35. The second kappa shape index (κ2) is 6.04. The van der Waals surface area contributed by atoms with Crippen molar-refractivity contribution in [1.82, 2.24) is 14.9 Å². The lowest BCUT2D eigenvalue weighted by atomic mass is 10.1. The van der Waals surface area contributed by atoms with Gasteiger partial charge in [0.05, 0.1) is 17.4 Å². The zero-order chi connectivity index (χ0) is 16.4. The van der Waals surface area contributed by atoms with Crippen molar-refractivity contribution in [3.8, 4) is 11.1 Å². The van der Waals surface area contributed by atoms with E-state index in [-0.39, 0.29) is 5.54 Å². The maximum Gasteiger partial charge on any atom is 0.407 e. The first-order valence-corrected chi connectivity index (χ1v) is 7.66. The summed E-state index contributed by atoms with van der Waals surface area (Å²) in [7, 11) is 1.61. The lowest BCUT2D eigenvalue weighted by Gasteiger charge is -2.26. The van der Waals surface area contributed by atoms with Crippen LogP contribution in [0, 0.1) is 0 Å². The van der Waals surface area contributed by atoms with Crippen molar-refractivity contribution in [1.29, 1.82) is 0 Å². The number of nitrogens with zero attached hydrogens (tertiary/aromatic N) is 3. The van der Waals surface area contributed by atoms with Crippen molar-refractivity contribution >= 4 is 23.4 Å². The molecule has 1 aliphatic rings. The van der Waals surface area contributed by atoms with Crippen molar-refractivity contribution in [3.63, 3.8) is 0 Å². The molecule has 6 nitrogen and oxygen atoms in total. The van der Waals surface area contributed by atoms with Gasteiger partial charge in [0.15, 0.2) is 0 Å². The Hall–Kier alpha value is -2.34. The highest BCUT2D eigenvalue weighted by atomic mass is 35.5. The van der Waals surface area contributed by atoms with Crippen molar-refractivity contribution in [3.05, 3.63) is 41.9 Å². The molecular formula is C16H17ClN4O2. The average molecular weight is 333 g/mol. The van der Waals surface area contributed by atoms with Crippen LogP contribution in [0.5, 0.6) is 0 Å². The van der Waals surface area contributed by atoms with E-state index in [9.17, 15) is 4.79 Å². The molecule has 2 aromatic heterocycles. The number of hydrogen-bond donors (Lipinski definition) is 2. The molecule has 0 saturated heterocycles. The van der Waals surface area contributed by atoms with Crippen molar-refractivity contribution in [2.24, 2.45) is 0 Å². The maximum atomic E-state index is 11.1. The van der Waals surface area contributed by atoms with Crippen molar-refractivity contribution < 1.29 is 9.90 Å². The first kappa shape index (κ1) is 15.6. The van der Waals surface area contributed by atoms with Gasteiger partial charge in [-0.2, -0.15) is 0 Å². The first-order chi connectivity index (χ1) is 11.0. The SMILES string of the molecule is CN(C(=O)O)C1(CNc2cnc(Cl)c(-c3ccncc3)c2)CC1. The predicted octanol–water partition coefficient (Wildman–Crippen LogP) is 3.35. The van der Waals surface area contributed by atoms with E-state index in [4.69, 9.17) is 16.7 Å². The fraction of sp³-hybridized carbons (Fsp3) is 0.312. The van der Waals surface area contributed by atoms with Gasteiger partial charge in [0.2, 0.25) is 0 Å². The Morgan fingerprint density at radius 3 is 2.74 bits per heavy atom. The number of nitrogens with one attached hydrogen (secondary N) is 1. The summed E-state index contributed by atoms with van der Waals surface area (Å²) in [6.07, 6.45) is 5.88. The minimum atomic E-state index is -0.906. The fourth-order valence-corrected chi connectivity index (χ4v) is 2.74. The molecule has 0 unspecified atom stereocenters. The molecule has 0 bridgehead atoms. The number of halogens is 1. The van der Waals surface area contributed by atoms with Gasteiger partial charge in [-0.1, -0.05) is 11.6 Å².